The molecule has 0 saturated heterocycles. The molecule has 132 valence electrons. The van der Waals surface area contributed by atoms with Gasteiger partial charge in [0.15, 0.2) is 5.17 Å². The standard InChI is InChI=1S/C16H18FN5O2S/c1-20(2)13(23)10-25-16-19-18-14-15(24)21(7-8-22(14)16)9-11-3-5-12(17)6-4-11/h3-8,14,18H,9-10H2,1-2H3. The highest BCUT2D eigenvalue weighted by molar-refractivity contribution is 8.14. The fourth-order valence-electron chi connectivity index (χ4n) is 2.33. The highest BCUT2D eigenvalue weighted by atomic mass is 32.2. The maximum absolute atomic E-state index is 13.0. The molecule has 0 aliphatic carbocycles. The van der Waals surface area contributed by atoms with Crippen molar-refractivity contribution in [3.63, 3.8) is 0 Å². The van der Waals surface area contributed by atoms with Gasteiger partial charge in [-0.1, -0.05) is 23.9 Å². The minimum atomic E-state index is -0.623. The Morgan fingerprint density at radius 3 is 2.72 bits per heavy atom. The number of amides is 2. The molecule has 3 rings (SSSR count). The molecule has 2 amide bonds. The van der Waals surface area contributed by atoms with Gasteiger partial charge in [0, 0.05) is 26.5 Å². The van der Waals surface area contributed by atoms with E-state index in [9.17, 15) is 14.0 Å². The molecule has 2 aliphatic heterocycles. The molecule has 2 heterocycles. The molecule has 1 aromatic carbocycles. The number of halogens is 1. The topological polar surface area (TPSA) is 68.2 Å². The number of nitrogens with one attached hydrogen (secondary N) is 1. The average Bonchev–Trinajstić information content (AvgIpc) is 3.01. The number of carbonyl (C=O) groups excluding carboxylic acids is 2. The van der Waals surface area contributed by atoms with E-state index < -0.39 is 6.17 Å². The summed E-state index contributed by atoms with van der Waals surface area (Å²) in [5.74, 6) is -0.250. The minimum absolute atomic E-state index is 0.0265. The van der Waals surface area contributed by atoms with Crippen molar-refractivity contribution in [2.24, 2.45) is 5.10 Å². The summed E-state index contributed by atoms with van der Waals surface area (Å²) in [6.45, 7) is 0.350. The fourth-order valence-corrected chi connectivity index (χ4v) is 3.28. The molecular weight excluding hydrogens is 345 g/mol. The Balaban J connectivity index is 1.64. The van der Waals surface area contributed by atoms with Crippen LogP contribution in [-0.2, 0) is 16.1 Å². The van der Waals surface area contributed by atoms with Crippen LogP contribution in [0, 0.1) is 5.82 Å². The van der Waals surface area contributed by atoms with Crippen LogP contribution in [0.1, 0.15) is 5.56 Å². The van der Waals surface area contributed by atoms with E-state index >= 15 is 0 Å². The van der Waals surface area contributed by atoms with Gasteiger partial charge in [-0.3, -0.25) is 19.9 Å². The number of carbonyl (C=O) groups is 2. The molecule has 25 heavy (non-hydrogen) atoms. The Hall–Kier alpha value is -2.55. The Bertz CT molecular complexity index is 735. The van der Waals surface area contributed by atoms with Crippen molar-refractivity contribution in [3.8, 4) is 0 Å². The third-order valence-electron chi connectivity index (χ3n) is 3.80. The van der Waals surface area contributed by atoms with Crippen molar-refractivity contribution in [3.05, 3.63) is 48.0 Å². The zero-order chi connectivity index (χ0) is 18.0. The van der Waals surface area contributed by atoms with E-state index in [-0.39, 0.29) is 23.4 Å². The summed E-state index contributed by atoms with van der Waals surface area (Å²) in [5.41, 5.74) is 3.63. The SMILES string of the molecule is CN(C)C(=O)CSC1=NNC2C(=O)N(Cc3ccc(F)cc3)C=CN12. The smallest absolute Gasteiger partial charge is 0.272 e. The summed E-state index contributed by atoms with van der Waals surface area (Å²) in [6, 6.07) is 6.03. The van der Waals surface area contributed by atoms with Gasteiger partial charge in [0.1, 0.15) is 5.82 Å². The van der Waals surface area contributed by atoms with E-state index in [1.54, 1.807) is 48.4 Å². The number of hydrogen-bond acceptors (Lipinski definition) is 6. The van der Waals surface area contributed by atoms with E-state index in [2.05, 4.69) is 10.5 Å². The summed E-state index contributed by atoms with van der Waals surface area (Å²) in [7, 11) is 3.39. The van der Waals surface area contributed by atoms with Crippen LogP contribution in [0.15, 0.2) is 41.8 Å². The second-order valence-corrected chi connectivity index (χ2v) is 6.74. The van der Waals surface area contributed by atoms with E-state index in [0.29, 0.717) is 11.7 Å². The van der Waals surface area contributed by atoms with E-state index in [4.69, 9.17) is 0 Å². The van der Waals surface area contributed by atoms with Crippen molar-refractivity contribution >= 4 is 28.7 Å². The lowest BCUT2D eigenvalue weighted by atomic mass is 10.2. The molecule has 2 aliphatic rings. The summed E-state index contributed by atoms with van der Waals surface area (Å²) in [4.78, 5) is 29.1. The van der Waals surface area contributed by atoms with Crippen molar-refractivity contribution in [2.75, 3.05) is 19.8 Å². The van der Waals surface area contributed by atoms with Gasteiger partial charge in [0.2, 0.25) is 12.1 Å². The van der Waals surface area contributed by atoms with Gasteiger partial charge >= 0.3 is 0 Å². The first kappa shape index (κ1) is 17.3. The maximum Gasteiger partial charge on any atom is 0.272 e. The van der Waals surface area contributed by atoms with Crippen LogP contribution in [0.5, 0.6) is 0 Å². The number of thioether (sulfide) groups is 1. The largest absolute Gasteiger partial charge is 0.348 e. The number of nitrogens with zero attached hydrogens (tertiary/aromatic N) is 4. The minimum Gasteiger partial charge on any atom is -0.348 e. The lowest BCUT2D eigenvalue weighted by Crippen LogP contribution is -2.51. The third-order valence-corrected chi connectivity index (χ3v) is 4.75. The highest BCUT2D eigenvalue weighted by Gasteiger charge is 2.37. The van der Waals surface area contributed by atoms with Crippen molar-refractivity contribution in [2.45, 2.75) is 12.7 Å². The van der Waals surface area contributed by atoms with E-state index in [0.717, 1.165) is 5.56 Å². The monoisotopic (exact) mass is 363 g/mol. The fraction of sp³-hybridized carbons (Fsp3) is 0.312. The molecule has 7 nitrogen and oxygen atoms in total. The number of fused-ring (bicyclic) bond motifs is 1. The maximum atomic E-state index is 13.0. The lowest BCUT2D eigenvalue weighted by Gasteiger charge is -2.32. The van der Waals surface area contributed by atoms with Crippen molar-refractivity contribution in [1.29, 1.82) is 0 Å². The number of rotatable bonds is 4. The summed E-state index contributed by atoms with van der Waals surface area (Å²) >= 11 is 1.27. The van der Waals surface area contributed by atoms with Gasteiger partial charge in [-0.2, -0.15) is 5.10 Å². The average molecular weight is 363 g/mol. The summed E-state index contributed by atoms with van der Waals surface area (Å²) in [5, 5.41) is 4.73. The van der Waals surface area contributed by atoms with Crippen LogP contribution in [-0.4, -0.2) is 57.7 Å². The quantitative estimate of drug-likeness (QED) is 0.863. The van der Waals surface area contributed by atoms with Gasteiger partial charge in [0.05, 0.1) is 12.3 Å². The van der Waals surface area contributed by atoms with Gasteiger partial charge in [-0.05, 0) is 17.7 Å². The van der Waals surface area contributed by atoms with Crippen LogP contribution in [0.3, 0.4) is 0 Å². The molecule has 0 aromatic heterocycles. The molecule has 1 aromatic rings. The molecular formula is C16H18FN5O2S. The molecule has 9 heteroatoms. The molecule has 0 spiro atoms. The van der Waals surface area contributed by atoms with Gasteiger partial charge < -0.3 is 9.80 Å². The zero-order valence-corrected chi connectivity index (χ0v) is 14.7. The van der Waals surface area contributed by atoms with E-state index in [1.165, 1.54) is 28.8 Å². The predicted molar refractivity (Wildman–Crippen MR) is 93.4 cm³/mol. The number of benzene rings is 1. The first-order valence-electron chi connectivity index (χ1n) is 7.63. The van der Waals surface area contributed by atoms with Crippen LogP contribution in [0.25, 0.3) is 0 Å². The lowest BCUT2D eigenvalue weighted by molar-refractivity contribution is -0.134. The zero-order valence-electron chi connectivity index (χ0n) is 13.8. The Morgan fingerprint density at radius 1 is 1.32 bits per heavy atom. The molecule has 0 fully saturated rings. The van der Waals surface area contributed by atoms with E-state index in [1.807, 2.05) is 0 Å². The highest BCUT2D eigenvalue weighted by Crippen LogP contribution is 2.23. The molecule has 0 saturated carbocycles. The third kappa shape index (κ3) is 3.76. The predicted octanol–water partition coefficient (Wildman–Crippen LogP) is 0.963. The Morgan fingerprint density at radius 2 is 2.04 bits per heavy atom. The van der Waals surface area contributed by atoms with Gasteiger partial charge in [-0.15, -0.1) is 0 Å². The molecule has 1 atom stereocenters. The first-order valence-corrected chi connectivity index (χ1v) is 8.62. The van der Waals surface area contributed by atoms with Crippen LogP contribution >= 0.6 is 11.8 Å². The number of amidine groups is 1. The first-order chi connectivity index (χ1) is 12.0. The summed E-state index contributed by atoms with van der Waals surface area (Å²) in [6.07, 6.45) is 2.79. The van der Waals surface area contributed by atoms with Gasteiger partial charge in [-0.25, -0.2) is 4.39 Å². The van der Waals surface area contributed by atoms with Crippen molar-refractivity contribution in [1.82, 2.24) is 20.1 Å². The number of hydrogen-bond donors (Lipinski definition) is 1. The molecule has 1 N–H and O–H groups in total. The second-order valence-electron chi connectivity index (χ2n) is 5.80. The number of hydrazone groups is 1. The van der Waals surface area contributed by atoms with Gasteiger partial charge in [0.25, 0.3) is 5.91 Å². The van der Waals surface area contributed by atoms with Crippen LogP contribution < -0.4 is 5.43 Å². The second kappa shape index (κ2) is 7.14. The Labute approximate surface area is 149 Å². The molecule has 0 radical (unpaired) electrons. The van der Waals surface area contributed by atoms with Crippen molar-refractivity contribution < 1.29 is 14.0 Å². The Kier molecular flexibility index (Phi) is 4.93. The molecule has 0 bridgehead atoms. The van der Waals surface area contributed by atoms with Crippen LogP contribution in [0.2, 0.25) is 0 Å². The normalized spacial score (nSPS) is 18.8. The summed E-state index contributed by atoms with van der Waals surface area (Å²) < 4.78 is 13.0. The molecule has 1 unspecified atom stereocenters. The van der Waals surface area contributed by atoms with Crippen LogP contribution in [0.4, 0.5) is 4.39 Å².